The van der Waals surface area contributed by atoms with Gasteiger partial charge in [0, 0.05) is 17.5 Å². The average molecular weight is 509 g/mol. The van der Waals surface area contributed by atoms with Gasteiger partial charge in [0.2, 0.25) is 10.0 Å². The van der Waals surface area contributed by atoms with Crippen LogP contribution in [0.3, 0.4) is 0 Å². The minimum absolute atomic E-state index is 0.112. The molecule has 1 aromatic heterocycles. The van der Waals surface area contributed by atoms with Crippen LogP contribution in [-0.2, 0) is 10.0 Å². The standard InChI is InChI=1S/C27H29FN4O3S/c1-31(2)16-7-17-32(36(3,34)35)22-13-11-21(12-14-22)29-26(19-8-5-4-6-9-19)25-23-15-10-20(28)18-24(23)30-27(25)33/h4-6,8-15,18,30,33H,7,16-17H2,1-3H3. The lowest BCUT2D eigenvalue weighted by Crippen LogP contribution is -2.32. The fraction of sp³-hybridized carbons (Fsp3) is 0.222. The third-order valence-electron chi connectivity index (χ3n) is 5.77. The van der Waals surface area contributed by atoms with Crippen LogP contribution in [0.15, 0.2) is 77.8 Å². The fourth-order valence-electron chi connectivity index (χ4n) is 4.10. The Bertz CT molecular complexity index is 1480. The minimum Gasteiger partial charge on any atom is -0.494 e. The van der Waals surface area contributed by atoms with Crippen LogP contribution < -0.4 is 4.31 Å². The highest BCUT2D eigenvalue weighted by Gasteiger charge is 2.20. The molecular weight excluding hydrogens is 479 g/mol. The van der Waals surface area contributed by atoms with Gasteiger partial charge in [-0.15, -0.1) is 0 Å². The van der Waals surface area contributed by atoms with E-state index in [4.69, 9.17) is 4.99 Å². The summed E-state index contributed by atoms with van der Waals surface area (Å²) < 4.78 is 40.0. The number of aromatic nitrogens is 1. The second-order valence-electron chi connectivity index (χ2n) is 8.87. The van der Waals surface area contributed by atoms with Gasteiger partial charge in [-0.25, -0.2) is 17.8 Å². The summed E-state index contributed by atoms with van der Waals surface area (Å²) in [6.45, 7) is 1.14. The van der Waals surface area contributed by atoms with Gasteiger partial charge in [0.1, 0.15) is 5.82 Å². The number of aromatic hydroxyl groups is 1. The fourth-order valence-corrected chi connectivity index (χ4v) is 5.06. The lowest BCUT2D eigenvalue weighted by atomic mass is 10.0. The van der Waals surface area contributed by atoms with Gasteiger partial charge in [-0.1, -0.05) is 30.3 Å². The van der Waals surface area contributed by atoms with Gasteiger partial charge in [0.25, 0.3) is 0 Å². The molecular formula is C27H29FN4O3S. The molecule has 7 nitrogen and oxygen atoms in total. The molecule has 1 heterocycles. The molecule has 0 fully saturated rings. The molecule has 0 unspecified atom stereocenters. The van der Waals surface area contributed by atoms with Crippen molar-refractivity contribution >= 4 is 38.0 Å². The van der Waals surface area contributed by atoms with Crippen molar-refractivity contribution in [3.63, 3.8) is 0 Å². The quantitative estimate of drug-likeness (QED) is 0.315. The Kier molecular flexibility index (Phi) is 7.42. The predicted octanol–water partition coefficient (Wildman–Crippen LogP) is 4.90. The molecule has 9 heteroatoms. The van der Waals surface area contributed by atoms with E-state index in [-0.39, 0.29) is 5.88 Å². The van der Waals surface area contributed by atoms with Crippen LogP contribution in [0.25, 0.3) is 10.9 Å². The molecule has 0 amide bonds. The van der Waals surface area contributed by atoms with Crippen molar-refractivity contribution in [2.75, 3.05) is 37.7 Å². The molecule has 0 aliphatic rings. The van der Waals surface area contributed by atoms with E-state index in [1.54, 1.807) is 30.3 Å². The Morgan fingerprint density at radius 3 is 2.33 bits per heavy atom. The highest BCUT2D eigenvalue weighted by Crippen LogP contribution is 2.32. The smallest absolute Gasteiger partial charge is 0.232 e. The second kappa shape index (κ2) is 10.5. The second-order valence-corrected chi connectivity index (χ2v) is 10.8. The summed E-state index contributed by atoms with van der Waals surface area (Å²) in [7, 11) is 0.444. The summed E-state index contributed by atoms with van der Waals surface area (Å²) in [4.78, 5) is 9.66. The first kappa shape index (κ1) is 25.4. The van der Waals surface area contributed by atoms with E-state index in [0.717, 1.165) is 12.1 Å². The molecule has 2 N–H and O–H groups in total. The van der Waals surface area contributed by atoms with Crippen LogP contribution in [0.5, 0.6) is 5.88 Å². The summed E-state index contributed by atoms with van der Waals surface area (Å²) in [5.41, 5.74) is 3.33. The zero-order valence-electron chi connectivity index (χ0n) is 20.4. The highest BCUT2D eigenvalue weighted by molar-refractivity contribution is 7.92. The zero-order valence-corrected chi connectivity index (χ0v) is 21.3. The van der Waals surface area contributed by atoms with Crippen molar-refractivity contribution in [3.05, 3.63) is 89.7 Å². The van der Waals surface area contributed by atoms with Crippen molar-refractivity contribution in [2.24, 2.45) is 4.99 Å². The number of hydrogen-bond acceptors (Lipinski definition) is 5. The molecule has 0 spiro atoms. The predicted molar refractivity (Wildman–Crippen MR) is 143 cm³/mol. The van der Waals surface area contributed by atoms with E-state index < -0.39 is 15.8 Å². The number of benzene rings is 3. The first-order valence-corrected chi connectivity index (χ1v) is 13.4. The Morgan fingerprint density at radius 1 is 1.00 bits per heavy atom. The van der Waals surface area contributed by atoms with E-state index in [1.807, 2.05) is 49.3 Å². The van der Waals surface area contributed by atoms with Crippen LogP contribution in [0.2, 0.25) is 0 Å². The Labute approximate surface area is 210 Å². The highest BCUT2D eigenvalue weighted by atomic mass is 32.2. The van der Waals surface area contributed by atoms with Crippen LogP contribution >= 0.6 is 0 Å². The Morgan fingerprint density at radius 2 is 1.69 bits per heavy atom. The summed E-state index contributed by atoms with van der Waals surface area (Å²) in [5.74, 6) is -0.524. The number of halogens is 1. The number of H-pyrrole nitrogens is 1. The lowest BCUT2D eigenvalue weighted by Gasteiger charge is -2.23. The van der Waals surface area contributed by atoms with Crippen molar-refractivity contribution in [2.45, 2.75) is 6.42 Å². The number of nitrogens with zero attached hydrogens (tertiary/aromatic N) is 3. The molecule has 0 radical (unpaired) electrons. The van der Waals surface area contributed by atoms with E-state index in [2.05, 4.69) is 4.98 Å². The van der Waals surface area contributed by atoms with Gasteiger partial charge in [0.15, 0.2) is 5.88 Å². The molecule has 3 aromatic carbocycles. The van der Waals surface area contributed by atoms with Gasteiger partial charge in [-0.05, 0) is 69.5 Å². The first-order valence-electron chi connectivity index (χ1n) is 11.5. The molecule has 0 aliphatic heterocycles. The van der Waals surface area contributed by atoms with Crippen molar-refractivity contribution in [1.29, 1.82) is 0 Å². The first-order chi connectivity index (χ1) is 17.1. The summed E-state index contributed by atoms with van der Waals surface area (Å²) in [6, 6.07) is 20.6. The molecule has 36 heavy (non-hydrogen) atoms. The monoisotopic (exact) mass is 508 g/mol. The molecule has 188 valence electrons. The zero-order chi connectivity index (χ0) is 25.9. The van der Waals surface area contributed by atoms with Gasteiger partial charge in [-0.3, -0.25) is 4.31 Å². The van der Waals surface area contributed by atoms with E-state index >= 15 is 0 Å². The molecule has 0 atom stereocenters. The molecule has 4 aromatic rings. The normalized spacial score (nSPS) is 12.4. The topological polar surface area (TPSA) is 89.0 Å². The number of hydrogen-bond donors (Lipinski definition) is 2. The van der Waals surface area contributed by atoms with Gasteiger partial charge in [-0.2, -0.15) is 0 Å². The third-order valence-corrected chi connectivity index (χ3v) is 6.96. The van der Waals surface area contributed by atoms with Crippen LogP contribution in [-0.4, -0.2) is 62.6 Å². The largest absolute Gasteiger partial charge is 0.494 e. The summed E-state index contributed by atoms with van der Waals surface area (Å²) in [5, 5.41) is 11.4. The van der Waals surface area contributed by atoms with Crippen LogP contribution in [0, 0.1) is 5.82 Å². The van der Waals surface area contributed by atoms with Crippen LogP contribution in [0.1, 0.15) is 17.5 Å². The Hall–Kier alpha value is -3.69. The molecule has 0 bridgehead atoms. The maximum absolute atomic E-state index is 13.8. The molecule has 0 saturated heterocycles. The molecule has 0 aliphatic carbocycles. The van der Waals surface area contributed by atoms with E-state index in [1.165, 1.54) is 22.7 Å². The molecule has 4 rings (SSSR count). The van der Waals surface area contributed by atoms with Gasteiger partial charge < -0.3 is 15.0 Å². The van der Waals surface area contributed by atoms with Crippen molar-refractivity contribution in [1.82, 2.24) is 9.88 Å². The summed E-state index contributed by atoms with van der Waals surface area (Å²) in [6.07, 6.45) is 1.89. The number of sulfonamides is 1. The summed E-state index contributed by atoms with van der Waals surface area (Å²) >= 11 is 0. The maximum Gasteiger partial charge on any atom is 0.232 e. The lowest BCUT2D eigenvalue weighted by molar-refractivity contribution is 0.403. The van der Waals surface area contributed by atoms with E-state index in [0.29, 0.717) is 46.5 Å². The van der Waals surface area contributed by atoms with Crippen LogP contribution in [0.4, 0.5) is 15.8 Å². The van der Waals surface area contributed by atoms with Crippen molar-refractivity contribution in [3.8, 4) is 5.88 Å². The number of aliphatic imine (C=N–C) groups is 1. The van der Waals surface area contributed by atoms with Gasteiger partial charge >= 0.3 is 0 Å². The van der Waals surface area contributed by atoms with Crippen molar-refractivity contribution < 1.29 is 17.9 Å². The van der Waals surface area contributed by atoms with E-state index in [9.17, 15) is 17.9 Å². The number of aromatic amines is 1. The average Bonchev–Trinajstić information content (AvgIpc) is 3.15. The SMILES string of the molecule is CN(C)CCCN(c1ccc(N=C(c2ccccc2)c2c(O)[nH]c3cc(F)ccc23)cc1)S(C)(=O)=O. The third kappa shape index (κ3) is 5.75. The number of fused-ring (bicyclic) bond motifs is 1. The number of nitrogens with one attached hydrogen (secondary N) is 1. The number of anilines is 1. The maximum atomic E-state index is 13.8. The number of rotatable bonds is 9. The Balaban J connectivity index is 1.75. The minimum atomic E-state index is -3.45. The van der Waals surface area contributed by atoms with Gasteiger partial charge in [0.05, 0.1) is 34.4 Å². The molecule has 0 saturated carbocycles.